The molecule has 0 amide bonds. The van der Waals surface area contributed by atoms with Gasteiger partial charge in [-0.15, -0.1) is 0 Å². The van der Waals surface area contributed by atoms with E-state index in [0.717, 1.165) is 32.4 Å². The number of piperidine rings is 1. The van der Waals surface area contributed by atoms with Gasteiger partial charge in [0, 0.05) is 17.5 Å². The predicted molar refractivity (Wildman–Crippen MR) is 112 cm³/mol. The first-order valence-corrected chi connectivity index (χ1v) is 10.3. The molecule has 27 heavy (non-hydrogen) atoms. The minimum Gasteiger partial charge on any atom is -0.508 e. The van der Waals surface area contributed by atoms with Gasteiger partial charge in [0.1, 0.15) is 5.75 Å². The van der Waals surface area contributed by atoms with E-state index >= 15 is 0 Å². The zero-order valence-electron chi connectivity index (χ0n) is 15.8. The monoisotopic (exact) mass is 404 g/mol. The zero-order valence-corrected chi connectivity index (χ0v) is 17.3. The molecule has 0 aromatic heterocycles. The Morgan fingerprint density at radius 1 is 1.19 bits per heavy atom. The number of nitrogens with zero attached hydrogens (tertiary/aromatic N) is 1. The number of phenols is 1. The lowest BCUT2D eigenvalue weighted by Gasteiger charge is -2.55. The lowest BCUT2D eigenvalue weighted by atomic mass is 9.61. The smallest absolute Gasteiger partial charge is 0.115 e. The Hall–Kier alpha value is -1.26. The van der Waals surface area contributed by atoms with Crippen LogP contribution in [-0.4, -0.2) is 42.2 Å². The molecule has 3 atom stereocenters. The van der Waals surface area contributed by atoms with Crippen molar-refractivity contribution in [2.24, 2.45) is 0 Å². The van der Waals surface area contributed by atoms with Gasteiger partial charge in [0.05, 0.1) is 10.0 Å². The van der Waals surface area contributed by atoms with Crippen LogP contribution in [0.2, 0.25) is 10.0 Å². The lowest BCUT2D eigenvalue weighted by molar-refractivity contribution is 0.0663. The number of halogens is 2. The molecule has 0 saturated carbocycles. The number of fused-ring (bicyclic) bond motifs is 4. The van der Waals surface area contributed by atoms with Crippen LogP contribution in [0.25, 0.3) is 0 Å². The van der Waals surface area contributed by atoms with Crippen LogP contribution in [-0.2, 0) is 18.3 Å². The maximum Gasteiger partial charge on any atom is 0.115 e. The van der Waals surface area contributed by atoms with E-state index < -0.39 is 0 Å². The first kappa shape index (κ1) is 19.1. The highest BCUT2D eigenvalue weighted by Gasteiger charge is 2.49. The van der Waals surface area contributed by atoms with E-state index in [9.17, 15) is 5.11 Å². The molecule has 1 aliphatic carbocycles. The molecule has 1 aliphatic heterocycles. The SMILES string of the molecule is CN1CC[C@@]2(C)c3cc(O)ccc3C[C@@H]1[C@@H]2NCCc1ccc(Cl)c(Cl)c1. The topological polar surface area (TPSA) is 35.5 Å². The molecule has 2 aromatic carbocycles. The van der Waals surface area contributed by atoms with E-state index in [2.05, 4.69) is 30.3 Å². The summed E-state index contributed by atoms with van der Waals surface area (Å²) in [6.07, 6.45) is 3.01. The average Bonchev–Trinajstić information content (AvgIpc) is 2.64. The van der Waals surface area contributed by atoms with Crippen molar-refractivity contribution in [3.63, 3.8) is 0 Å². The Bertz CT molecular complexity index is 856. The highest BCUT2D eigenvalue weighted by atomic mass is 35.5. The van der Waals surface area contributed by atoms with Crippen LogP contribution in [0.3, 0.4) is 0 Å². The molecule has 4 rings (SSSR count). The largest absolute Gasteiger partial charge is 0.508 e. The highest BCUT2D eigenvalue weighted by molar-refractivity contribution is 6.42. The van der Waals surface area contributed by atoms with Gasteiger partial charge in [0.15, 0.2) is 0 Å². The number of phenolic OH excluding ortho intramolecular Hbond substituents is 1. The van der Waals surface area contributed by atoms with Gasteiger partial charge in [-0.05, 0) is 80.4 Å². The standard InChI is InChI=1S/C22H26Cl2N2O/c1-22-8-10-26(2)20(12-15-4-5-16(27)13-17(15)22)21(22)25-9-7-14-3-6-18(23)19(24)11-14/h3-6,11,13,20-21,25,27H,7-10,12H2,1-2H3/t20-,21+,22+/m1/s1. The number of rotatable bonds is 4. The van der Waals surface area contributed by atoms with Crippen molar-refractivity contribution in [1.29, 1.82) is 0 Å². The number of likely N-dealkylation sites (N-methyl/N-ethyl adjacent to an activating group) is 1. The summed E-state index contributed by atoms with van der Waals surface area (Å²) in [6, 6.07) is 12.6. The summed E-state index contributed by atoms with van der Waals surface area (Å²) in [4.78, 5) is 2.48. The van der Waals surface area contributed by atoms with Gasteiger partial charge < -0.3 is 15.3 Å². The van der Waals surface area contributed by atoms with Crippen LogP contribution in [0.5, 0.6) is 5.75 Å². The molecular weight excluding hydrogens is 379 g/mol. The van der Waals surface area contributed by atoms with Crippen molar-refractivity contribution in [3.8, 4) is 5.75 Å². The van der Waals surface area contributed by atoms with Crippen LogP contribution in [0, 0.1) is 0 Å². The third-order valence-electron chi connectivity index (χ3n) is 6.52. The van der Waals surface area contributed by atoms with Crippen LogP contribution >= 0.6 is 23.2 Å². The van der Waals surface area contributed by atoms with Gasteiger partial charge in [-0.25, -0.2) is 0 Å². The maximum absolute atomic E-state index is 10.1. The number of aromatic hydroxyl groups is 1. The Morgan fingerprint density at radius 3 is 2.78 bits per heavy atom. The predicted octanol–water partition coefficient (Wildman–Crippen LogP) is 4.42. The minimum atomic E-state index is 0.0289. The summed E-state index contributed by atoms with van der Waals surface area (Å²) in [6.45, 7) is 4.32. The van der Waals surface area contributed by atoms with E-state index in [0.29, 0.717) is 27.9 Å². The van der Waals surface area contributed by atoms with Crippen molar-refractivity contribution in [2.75, 3.05) is 20.1 Å². The Balaban J connectivity index is 1.55. The molecule has 144 valence electrons. The van der Waals surface area contributed by atoms with Gasteiger partial charge in [-0.2, -0.15) is 0 Å². The fraction of sp³-hybridized carbons (Fsp3) is 0.455. The molecule has 2 N–H and O–H groups in total. The number of likely N-dealkylation sites (tertiary alicyclic amines) is 1. The van der Waals surface area contributed by atoms with Crippen LogP contribution < -0.4 is 5.32 Å². The fourth-order valence-corrected chi connectivity index (χ4v) is 5.23. The zero-order chi connectivity index (χ0) is 19.2. The average molecular weight is 405 g/mol. The molecule has 1 fully saturated rings. The summed E-state index contributed by atoms with van der Waals surface area (Å²) < 4.78 is 0. The van der Waals surface area contributed by atoms with Crippen molar-refractivity contribution in [1.82, 2.24) is 10.2 Å². The molecule has 2 bridgehead atoms. The second kappa shape index (κ2) is 7.29. The molecule has 0 unspecified atom stereocenters. The van der Waals surface area contributed by atoms with E-state index in [-0.39, 0.29) is 5.41 Å². The van der Waals surface area contributed by atoms with E-state index in [1.54, 1.807) is 0 Å². The Labute approximate surface area is 171 Å². The van der Waals surface area contributed by atoms with Crippen LogP contribution in [0.15, 0.2) is 36.4 Å². The number of hydrogen-bond donors (Lipinski definition) is 2. The normalized spacial score (nSPS) is 27.4. The third-order valence-corrected chi connectivity index (χ3v) is 7.26. The first-order valence-electron chi connectivity index (χ1n) is 9.58. The molecule has 0 spiro atoms. The summed E-state index contributed by atoms with van der Waals surface area (Å²) in [5.41, 5.74) is 3.89. The highest BCUT2D eigenvalue weighted by Crippen LogP contribution is 2.45. The third kappa shape index (κ3) is 3.47. The van der Waals surface area contributed by atoms with Gasteiger partial charge >= 0.3 is 0 Å². The van der Waals surface area contributed by atoms with E-state index in [4.69, 9.17) is 23.2 Å². The summed E-state index contributed by atoms with van der Waals surface area (Å²) in [7, 11) is 2.23. The molecule has 5 heteroatoms. The van der Waals surface area contributed by atoms with Crippen molar-refractivity contribution >= 4 is 23.2 Å². The Morgan fingerprint density at radius 2 is 2.00 bits per heavy atom. The molecule has 1 saturated heterocycles. The lowest BCUT2D eigenvalue weighted by Crippen LogP contribution is -2.66. The van der Waals surface area contributed by atoms with Crippen molar-refractivity contribution in [3.05, 3.63) is 63.1 Å². The second-order valence-corrected chi connectivity index (χ2v) is 9.01. The molecule has 3 nitrogen and oxygen atoms in total. The molecular formula is C22H26Cl2N2O. The molecule has 2 aromatic rings. The Kier molecular flexibility index (Phi) is 5.15. The van der Waals surface area contributed by atoms with Crippen LogP contribution in [0.1, 0.15) is 30.0 Å². The van der Waals surface area contributed by atoms with Gasteiger partial charge in [0.2, 0.25) is 0 Å². The summed E-state index contributed by atoms with van der Waals surface area (Å²) >= 11 is 12.2. The number of nitrogens with one attached hydrogen (secondary N) is 1. The minimum absolute atomic E-state index is 0.0289. The summed E-state index contributed by atoms with van der Waals surface area (Å²) in [5, 5.41) is 15.1. The quantitative estimate of drug-likeness (QED) is 0.791. The van der Waals surface area contributed by atoms with Crippen molar-refractivity contribution < 1.29 is 5.11 Å². The van der Waals surface area contributed by atoms with Gasteiger partial charge in [0.25, 0.3) is 0 Å². The second-order valence-electron chi connectivity index (χ2n) is 8.19. The van der Waals surface area contributed by atoms with E-state index in [1.807, 2.05) is 30.3 Å². The first-order chi connectivity index (χ1) is 12.9. The fourth-order valence-electron chi connectivity index (χ4n) is 4.91. The number of benzene rings is 2. The molecule has 1 heterocycles. The van der Waals surface area contributed by atoms with Crippen LogP contribution in [0.4, 0.5) is 0 Å². The van der Waals surface area contributed by atoms with Crippen molar-refractivity contribution in [2.45, 2.75) is 43.7 Å². The summed E-state index contributed by atoms with van der Waals surface area (Å²) in [5.74, 6) is 0.363. The molecule has 2 aliphatic rings. The molecule has 0 radical (unpaired) electrons. The maximum atomic E-state index is 10.1. The van der Waals surface area contributed by atoms with Gasteiger partial charge in [-0.1, -0.05) is 42.3 Å². The van der Waals surface area contributed by atoms with E-state index in [1.165, 1.54) is 16.7 Å². The number of hydrogen-bond acceptors (Lipinski definition) is 3. The van der Waals surface area contributed by atoms with Gasteiger partial charge in [-0.3, -0.25) is 0 Å².